The van der Waals surface area contributed by atoms with E-state index in [0.29, 0.717) is 6.42 Å². The van der Waals surface area contributed by atoms with E-state index in [1.54, 1.807) is 49.5 Å². The highest BCUT2D eigenvalue weighted by Gasteiger charge is 2.24. The van der Waals surface area contributed by atoms with Crippen LogP contribution >= 0.6 is 0 Å². The van der Waals surface area contributed by atoms with Gasteiger partial charge in [-0.25, -0.2) is 9.59 Å². The second kappa shape index (κ2) is 17.4. The highest BCUT2D eigenvalue weighted by atomic mass is 16.4. The monoisotopic (exact) mass is 474 g/mol. The maximum absolute atomic E-state index is 11.8. The average Bonchev–Trinajstić information content (AvgIpc) is 2.76. The van der Waals surface area contributed by atoms with Crippen LogP contribution in [0.5, 0.6) is 0 Å². The number of carboxylic acids is 3. The van der Waals surface area contributed by atoms with Crippen LogP contribution in [0.15, 0.2) is 72.9 Å². The zero-order valence-corrected chi connectivity index (χ0v) is 19.0. The van der Waals surface area contributed by atoms with Crippen LogP contribution in [0.25, 0.3) is 0 Å². The van der Waals surface area contributed by atoms with Crippen molar-refractivity contribution in [2.45, 2.75) is 38.8 Å². The van der Waals surface area contributed by atoms with Crippen LogP contribution in [0.3, 0.4) is 0 Å². The second-order valence-corrected chi connectivity index (χ2v) is 6.97. The molecule has 0 aliphatic carbocycles. The van der Waals surface area contributed by atoms with Crippen molar-refractivity contribution in [3.05, 3.63) is 72.9 Å². The first kappa shape index (κ1) is 29.8. The van der Waals surface area contributed by atoms with Crippen molar-refractivity contribution in [3.63, 3.8) is 0 Å². The zero-order chi connectivity index (χ0) is 25.9. The van der Waals surface area contributed by atoms with E-state index in [0.717, 1.165) is 6.08 Å². The topological polar surface area (TPSA) is 170 Å². The van der Waals surface area contributed by atoms with Crippen molar-refractivity contribution in [3.8, 4) is 0 Å². The summed E-state index contributed by atoms with van der Waals surface area (Å²) >= 11 is 0. The molecule has 0 heterocycles. The van der Waals surface area contributed by atoms with Gasteiger partial charge in [0.1, 0.15) is 12.1 Å². The van der Waals surface area contributed by atoms with Crippen LogP contribution in [0.2, 0.25) is 0 Å². The van der Waals surface area contributed by atoms with Crippen molar-refractivity contribution in [2.24, 2.45) is 5.92 Å². The molecule has 0 aromatic rings. The minimum atomic E-state index is -1.51. The first-order chi connectivity index (χ1) is 16.1. The van der Waals surface area contributed by atoms with E-state index in [-0.39, 0.29) is 5.92 Å². The smallest absolute Gasteiger partial charge is 0.326 e. The largest absolute Gasteiger partial charge is 0.481 e. The molecule has 0 spiro atoms. The number of carbonyl (C=O) groups excluding carboxylic acids is 2. The molecule has 0 aromatic carbocycles. The fraction of sp³-hybridized carbons (Fsp3) is 0.292. The molecule has 2 amide bonds. The molecule has 0 rings (SSSR count). The SMILES string of the molecule is CCC(C)C(NC(=O)C=CC=CC=CC=CC=CC=CC(=O)NC(CC(=O)O)C(=O)O)C(=O)O. The van der Waals surface area contributed by atoms with Crippen LogP contribution in [0.4, 0.5) is 0 Å². The third-order valence-corrected chi connectivity index (χ3v) is 4.27. The Balaban J connectivity index is 4.41. The van der Waals surface area contributed by atoms with Gasteiger partial charge in [-0.05, 0) is 5.92 Å². The number of allylic oxidation sites excluding steroid dienone is 10. The molecule has 0 radical (unpaired) electrons. The fourth-order valence-corrected chi connectivity index (χ4v) is 2.28. The van der Waals surface area contributed by atoms with Gasteiger partial charge in [0.15, 0.2) is 0 Å². The summed E-state index contributed by atoms with van der Waals surface area (Å²) in [6.07, 6.45) is 18.3. The van der Waals surface area contributed by atoms with Crippen LogP contribution < -0.4 is 10.6 Å². The predicted octanol–water partition coefficient (Wildman–Crippen LogP) is 1.98. The number of carbonyl (C=O) groups is 5. The number of nitrogens with one attached hydrogen (secondary N) is 2. The molecule has 10 heteroatoms. The fourth-order valence-electron chi connectivity index (χ4n) is 2.28. The highest BCUT2D eigenvalue weighted by molar-refractivity contribution is 5.92. The molecule has 10 nitrogen and oxygen atoms in total. The number of hydrogen-bond acceptors (Lipinski definition) is 5. The maximum Gasteiger partial charge on any atom is 0.326 e. The highest BCUT2D eigenvalue weighted by Crippen LogP contribution is 2.07. The molecule has 0 aromatic heterocycles. The van der Waals surface area contributed by atoms with E-state index in [1.165, 1.54) is 24.3 Å². The predicted molar refractivity (Wildman–Crippen MR) is 126 cm³/mol. The molecule has 0 saturated carbocycles. The molecule has 0 aliphatic heterocycles. The summed E-state index contributed by atoms with van der Waals surface area (Å²) in [5, 5.41) is 31.2. The summed E-state index contributed by atoms with van der Waals surface area (Å²) < 4.78 is 0. The Labute approximate surface area is 197 Å². The number of amides is 2. The lowest BCUT2D eigenvalue weighted by atomic mass is 9.99. The summed E-state index contributed by atoms with van der Waals surface area (Å²) in [5.41, 5.74) is 0. The Hall–Kier alpha value is -4.21. The van der Waals surface area contributed by atoms with Gasteiger partial charge in [0, 0.05) is 12.2 Å². The van der Waals surface area contributed by atoms with Crippen LogP contribution in [0.1, 0.15) is 26.7 Å². The van der Waals surface area contributed by atoms with Crippen LogP contribution in [-0.2, 0) is 24.0 Å². The first-order valence-corrected chi connectivity index (χ1v) is 10.4. The van der Waals surface area contributed by atoms with Gasteiger partial charge in [-0.3, -0.25) is 14.4 Å². The second-order valence-electron chi connectivity index (χ2n) is 6.97. The number of carboxylic acid groups (broad SMARTS) is 3. The number of aliphatic carboxylic acids is 3. The first-order valence-electron chi connectivity index (χ1n) is 10.4. The Kier molecular flexibility index (Phi) is 15.2. The molecule has 0 aliphatic rings. The quantitative estimate of drug-likeness (QED) is 0.177. The number of hydrogen-bond donors (Lipinski definition) is 5. The van der Waals surface area contributed by atoms with Crippen molar-refractivity contribution < 1.29 is 39.3 Å². The molecule has 0 fully saturated rings. The molecule has 184 valence electrons. The van der Waals surface area contributed by atoms with E-state index >= 15 is 0 Å². The minimum absolute atomic E-state index is 0.185. The Morgan fingerprint density at radius 1 is 0.676 bits per heavy atom. The molecule has 5 N–H and O–H groups in total. The van der Waals surface area contributed by atoms with Gasteiger partial charge in [-0.15, -0.1) is 0 Å². The zero-order valence-electron chi connectivity index (χ0n) is 19.0. The lowest BCUT2D eigenvalue weighted by Crippen LogP contribution is -2.44. The Morgan fingerprint density at radius 2 is 1.09 bits per heavy atom. The van der Waals surface area contributed by atoms with Crippen molar-refractivity contribution >= 4 is 29.7 Å². The van der Waals surface area contributed by atoms with Crippen molar-refractivity contribution in [1.29, 1.82) is 0 Å². The van der Waals surface area contributed by atoms with E-state index in [4.69, 9.17) is 15.3 Å². The normalized spacial score (nSPS) is 14.9. The summed E-state index contributed by atoms with van der Waals surface area (Å²) in [6.45, 7) is 3.60. The van der Waals surface area contributed by atoms with Crippen molar-refractivity contribution in [1.82, 2.24) is 10.6 Å². The molecular formula is C24H30N2O8. The molecular weight excluding hydrogens is 444 g/mol. The minimum Gasteiger partial charge on any atom is -0.481 e. The Bertz CT molecular complexity index is 897. The van der Waals surface area contributed by atoms with Gasteiger partial charge in [-0.1, -0.05) is 81.0 Å². The van der Waals surface area contributed by atoms with E-state index in [1.807, 2.05) is 6.92 Å². The van der Waals surface area contributed by atoms with Gasteiger partial charge >= 0.3 is 17.9 Å². The van der Waals surface area contributed by atoms with Crippen LogP contribution in [0, 0.1) is 5.92 Å². The summed E-state index contributed by atoms with van der Waals surface area (Å²) in [6, 6.07) is -2.45. The van der Waals surface area contributed by atoms with E-state index in [2.05, 4.69) is 10.6 Å². The third kappa shape index (κ3) is 14.7. The van der Waals surface area contributed by atoms with Crippen LogP contribution in [-0.4, -0.2) is 57.1 Å². The number of rotatable bonds is 15. The summed E-state index contributed by atoms with van der Waals surface area (Å²) in [5.74, 6) is -5.25. The molecule has 3 unspecified atom stereocenters. The lowest BCUT2D eigenvalue weighted by Gasteiger charge is -2.19. The van der Waals surface area contributed by atoms with Gasteiger partial charge < -0.3 is 26.0 Å². The maximum atomic E-state index is 11.8. The van der Waals surface area contributed by atoms with Crippen molar-refractivity contribution in [2.75, 3.05) is 0 Å². The molecule has 0 saturated heterocycles. The van der Waals surface area contributed by atoms with E-state index in [9.17, 15) is 24.0 Å². The standard InChI is InChI=1S/C24H30N2O8/c1-3-17(2)22(24(33)34)26-20(28)15-13-11-9-7-5-4-6-8-10-12-14-19(27)25-18(23(31)32)16-21(29)30/h4-15,17-18,22H,3,16H2,1-2H3,(H,25,27)(H,26,28)(H,29,30)(H,31,32)(H,33,34). The average molecular weight is 475 g/mol. The van der Waals surface area contributed by atoms with E-state index < -0.39 is 48.2 Å². The molecule has 3 atom stereocenters. The summed E-state index contributed by atoms with van der Waals surface area (Å²) in [7, 11) is 0. The van der Waals surface area contributed by atoms with Gasteiger partial charge in [0.2, 0.25) is 11.8 Å². The summed E-state index contributed by atoms with van der Waals surface area (Å²) in [4.78, 5) is 56.0. The lowest BCUT2D eigenvalue weighted by molar-refractivity contribution is -0.146. The molecule has 34 heavy (non-hydrogen) atoms. The third-order valence-electron chi connectivity index (χ3n) is 4.27. The molecule has 0 bridgehead atoms. The van der Waals surface area contributed by atoms with Gasteiger partial charge in [0.25, 0.3) is 0 Å². The Morgan fingerprint density at radius 3 is 1.44 bits per heavy atom. The van der Waals surface area contributed by atoms with Gasteiger partial charge in [-0.2, -0.15) is 0 Å². The van der Waals surface area contributed by atoms with Gasteiger partial charge in [0.05, 0.1) is 6.42 Å².